The van der Waals surface area contributed by atoms with Crippen molar-refractivity contribution in [3.8, 4) is 0 Å². The molecule has 0 saturated heterocycles. The summed E-state index contributed by atoms with van der Waals surface area (Å²) in [5.74, 6) is -1.35. The predicted octanol–water partition coefficient (Wildman–Crippen LogP) is 4.76. The molecular formula is C20H19Cl2NO4. The van der Waals surface area contributed by atoms with Crippen LogP contribution in [0, 0.1) is 13.8 Å². The minimum Gasteiger partial charge on any atom is -0.456 e. The maximum atomic E-state index is 12.2. The van der Waals surface area contributed by atoms with Gasteiger partial charge in [-0.3, -0.25) is 14.4 Å². The van der Waals surface area contributed by atoms with Crippen LogP contribution in [0.15, 0.2) is 36.4 Å². The first-order valence-electron chi connectivity index (χ1n) is 8.28. The van der Waals surface area contributed by atoms with Gasteiger partial charge < -0.3 is 10.1 Å². The highest BCUT2D eigenvalue weighted by molar-refractivity contribution is 6.39. The van der Waals surface area contributed by atoms with Crippen LogP contribution >= 0.6 is 23.2 Å². The van der Waals surface area contributed by atoms with Crippen molar-refractivity contribution in [3.05, 3.63) is 63.1 Å². The number of benzene rings is 2. The zero-order valence-electron chi connectivity index (χ0n) is 15.0. The second-order valence-electron chi connectivity index (χ2n) is 6.03. The number of nitrogens with one attached hydrogen (secondary N) is 1. The molecule has 0 atom stereocenters. The molecule has 0 radical (unpaired) electrons. The van der Waals surface area contributed by atoms with Gasteiger partial charge in [0.25, 0.3) is 5.91 Å². The molecule has 1 N–H and O–H groups in total. The van der Waals surface area contributed by atoms with Crippen LogP contribution < -0.4 is 5.32 Å². The quantitative estimate of drug-likeness (QED) is 0.530. The maximum absolute atomic E-state index is 12.2. The normalized spacial score (nSPS) is 10.4. The Morgan fingerprint density at radius 1 is 0.963 bits per heavy atom. The Morgan fingerprint density at radius 3 is 2.26 bits per heavy atom. The van der Waals surface area contributed by atoms with E-state index in [0.29, 0.717) is 5.56 Å². The Balaban J connectivity index is 1.79. The number of carbonyl (C=O) groups is 3. The summed E-state index contributed by atoms with van der Waals surface area (Å²) in [6.07, 6.45) is -0.0921. The van der Waals surface area contributed by atoms with Crippen LogP contribution in [0.1, 0.15) is 34.3 Å². The van der Waals surface area contributed by atoms with E-state index in [4.69, 9.17) is 27.9 Å². The van der Waals surface area contributed by atoms with E-state index in [1.165, 1.54) is 0 Å². The molecule has 1 amide bonds. The predicted molar refractivity (Wildman–Crippen MR) is 106 cm³/mol. The zero-order valence-corrected chi connectivity index (χ0v) is 16.5. The molecule has 0 aliphatic rings. The van der Waals surface area contributed by atoms with E-state index in [9.17, 15) is 14.4 Å². The average molecular weight is 408 g/mol. The van der Waals surface area contributed by atoms with E-state index in [2.05, 4.69) is 5.32 Å². The number of amides is 1. The van der Waals surface area contributed by atoms with Crippen molar-refractivity contribution in [2.45, 2.75) is 26.7 Å². The molecule has 2 aromatic rings. The molecule has 0 saturated carbocycles. The molecule has 5 nitrogen and oxygen atoms in total. The molecule has 0 aliphatic heterocycles. The standard InChI is InChI=1S/C20H19Cl2NO4/c1-12-6-7-14(10-13(12)2)17(24)8-9-19(26)27-11-18(25)23-20-15(21)4-3-5-16(20)22/h3-7,10H,8-9,11H2,1-2H3,(H,23,25). The number of para-hydroxylation sites is 1. The Hall–Kier alpha value is -2.37. The van der Waals surface area contributed by atoms with Gasteiger partial charge in [0, 0.05) is 12.0 Å². The van der Waals surface area contributed by atoms with Crippen LogP contribution in [0.2, 0.25) is 10.0 Å². The van der Waals surface area contributed by atoms with Crippen LogP contribution in [-0.2, 0) is 14.3 Å². The van der Waals surface area contributed by atoms with Crippen molar-refractivity contribution in [2.24, 2.45) is 0 Å². The molecule has 0 bridgehead atoms. The minimum absolute atomic E-state index is 0.0132. The van der Waals surface area contributed by atoms with Crippen LogP contribution in [0.3, 0.4) is 0 Å². The maximum Gasteiger partial charge on any atom is 0.306 e. The highest BCUT2D eigenvalue weighted by Crippen LogP contribution is 2.29. The number of esters is 1. The van der Waals surface area contributed by atoms with Gasteiger partial charge in [0.05, 0.1) is 22.2 Å². The molecule has 0 spiro atoms. The molecular weight excluding hydrogens is 389 g/mol. The van der Waals surface area contributed by atoms with Gasteiger partial charge in [-0.1, -0.05) is 41.4 Å². The van der Waals surface area contributed by atoms with Crippen molar-refractivity contribution in [1.29, 1.82) is 0 Å². The summed E-state index contributed by atoms with van der Waals surface area (Å²) in [4.78, 5) is 35.8. The van der Waals surface area contributed by atoms with Crippen molar-refractivity contribution in [2.75, 3.05) is 11.9 Å². The molecule has 0 unspecified atom stereocenters. The van der Waals surface area contributed by atoms with Gasteiger partial charge in [-0.15, -0.1) is 0 Å². The molecule has 2 rings (SSSR count). The van der Waals surface area contributed by atoms with Crippen LogP contribution in [0.25, 0.3) is 0 Å². The molecule has 142 valence electrons. The molecule has 7 heteroatoms. The van der Waals surface area contributed by atoms with E-state index in [-0.39, 0.29) is 34.4 Å². The summed E-state index contributed by atoms with van der Waals surface area (Å²) in [6.45, 7) is 3.39. The van der Waals surface area contributed by atoms with Gasteiger partial charge in [-0.2, -0.15) is 0 Å². The number of ketones is 1. The van der Waals surface area contributed by atoms with Crippen LogP contribution in [0.5, 0.6) is 0 Å². The second kappa shape index (κ2) is 9.53. The third kappa shape index (κ3) is 6.08. The van der Waals surface area contributed by atoms with Gasteiger partial charge in [-0.25, -0.2) is 0 Å². The highest BCUT2D eigenvalue weighted by Gasteiger charge is 2.14. The average Bonchev–Trinajstić information content (AvgIpc) is 2.63. The van der Waals surface area contributed by atoms with E-state index < -0.39 is 18.5 Å². The Kier molecular flexibility index (Phi) is 7.39. The summed E-state index contributed by atoms with van der Waals surface area (Å²) < 4.78 is 4.90. The number of ether oxygens (including phenoxy) is 1. The monoisotopic (exact) mass is 407 g/mol. The third-order valence-electron chi connectivity index (χ3n) is 3.98. The zero-order chi connectivity index (χ0) is 20.0. The lowest BCUT2D eigenvalue weighted by Gasteiger charge is -2.09. The van der Waals surface area contributed by atoms with Crippen LogP contribution in [-0.4, -0.2) is 24.3 Å². The fourth-order valence-electron chi connectivity index (χ4n) is 2.29. The fraction of sp³-hybridized carbons (Fsp3) is 0.250. The number of rotatable bonds is 7. The van der Waals surface area contributed by atoms with Gasteiger partial charge >= 0.3 is 5.97 Å². The number of anilines is 1. The number of hydrogen-bond acceptors (Lipinski definition) is 4. The first kappa shape index (κ1) is 20.9. The van der Waals surface area contributed by atoms with Crippen molar-refractivity contribution in [1.82, 2.24) is 0 Å². The summed E-state index contributed by atoms with van der Waals surface area (Å²) in [7, 11) is 0. The first-order chi connectivity index (χ1) is 12.8. The van der Waals surface area contributed by atoms with E-state index >= 15 is 0 Å². The van der Waals surface area contributed by atoms with Crippen LogP contribution in [0.4, 0.5) is 5.69 Å². The lowest BCUT2D eigenvalue weighted by molar-refractivity contribution is -0.147. The van der Waals surface area contributed by atoms with E-state index in [0.717, 1.165) is 11.1 Å². The topological polar surface area (TPSA) is 72.5 Å². The number of carbonyl (C=O) groups excluding carboxylic acids is 3. The lowest BCUT2D eigenvalue weighted by atomic mass is 10.0. The summed E-state index contributed by atoms with van der Waals surface area (Å²) >= 11 is 11.9. The largest absolute Gasteiger partial charge is 0.456 e. The van der Waals surface area contributed by atoms with Gasteiger partial charge in [0.15, 0.2) is 12.4 Å². The number of aryl methyl sites for hydroxylation is 2. The van der Waals surface area contributed by atoms with Gasteiger partial charge in [0.1, 0.15) is 0 Å². The molecule has 27 heavy (non-hydrogen) atoms. The Morgan fingerprint density at radius 2 is 1.63 bits per heavy atom. The number of hydrogen-bond donors (Lipinski definition) is 1. The lowest BCUT2D eigenvalue weighted by Crippen LogP contribution is -2.21. The smallest absolute Gasteiger partial charge is 0.306 e. The van der Waals surface area contributed by atoms with E-state index in [1.807, 2.05) is 19.9 Å². The van der Waals surface area contributed by atoms with Crippen molar-refractivity contribution < 1.29 is 19.1 Å². The SMILES string of the molecule is Cc1ccc(C(=O)CCC(=O)OCC(=O)Nc2c(Cl)cccc2Cl)cc1C. The Bertz CT molecular complexity index is 860. The summed E-state index contributed by atoms with van der Waals surface area (Å²) in [5, 5.41) is 3.05. The summed E-state index contributed by atoms with van der Waals surface area (Å²) in [6, 6.07) is 10.2. The minimum atomic E-state index is -0.632. The molecule has 0 heterocycles. The van der Waals surface area contributed by atoms with Gasteiger partial charge in [0.2, 0.25) is 0 Å². The molecule has 2 aromatic carbocycles. The first-order valence-corrected chi connectivity index (χ1v) is 9.03. The molecule has 0 aliphatic carbocycles. The fourth-order valence-corrected chi connectivity index (χ4v) is 2.78. The van der Waals surface area contributed by atoms with E-state index in [1.54, 1.807) is 30.3 Å². The number of halogens is 2. The highest BCUT2D eigenvalue weighted by atomic mass is 35.5. The molecule has 0 aromatic heterocycles. The Labute approximate surface area is 167 Å². The number of Topliss-reactive ketones (excluding diaryl/α,β-unsaturated/α-hetero) is 1. The van der Waals surface area contributed by atoms with Gasteiger partial charge in [-0.05, 0) is 43.2 Å². The molecule has 0 fully saturated rings. The second-order valence-corrected chi connectivity index (χ2v) is 6.84. The van der Waals surface area contributed by atoms with Crippen molar-refractivity contribution in [3.63, 3.8) is 0 Å². The van der Waals surface area contributed by atoms with Crippen molar-refractivity contribution >= 4 is 46.5 Å². The summed E-state index contributed by atoms with van der Waals surface area (Å²) in [5.41, 5.74) is 2.91. The third-order valence-corrected chi connectivity index (χ3v) is 4.61.